The molecule has 1 aromatic carbocycles. The zero-order valence-electron chi connectivity index (χ0n) is 15.9. The number of hydrogen-bond donors (Lipinski definition) is 1. The molecule has 2 amide bonds. The molecule has 1 N–H and O–H groups in total. The van der Waals surface area contributed by atoms with Gasteiger partial charge in [0.1, 0.15) is 11.3 Å². The Morgan fingerprint density at radius 1 is 1.10 bits per heavy atom. The van der Waals surface area contributed by atoms with Gasteiger partial charge >= 0.3 is 6.18 Å². The second kappa shape index (κ2) is 9.47. The Morgan fingerprint density at radius 3 is 2.60 bits per heavy atom. The maximum Gasteiger partial charge on any atom is 0.422 e. The molecule has 2 heterocycles. The number of nitrogens with zero attached hydrogens (tertiary/aromatic N) is 2. The summed E-state index contributed by atoms with van der Waals surface area (Å²) in [5, 5.41) is 2.56. The summed E-state index contributed by atoms with van der Waals surface area (Å²) in [6.45, 7) is -0.224. The van der Waals surface area contributed by atoms with Crippen molar-refractivity contribution in [1.29, 1.82) is 0 Å². The summed E-state index contributed by atoms with van der Waals surface area (Å²) in [6, 6.07) is 9.08. The van der Waals surface area contributed by atoms with Crippen LogP contribution in [-0.2, 0) is 4.79 Å². The van der Waals surface area contributed by atoms with Gasteiger partial charge in [0.05, 0.1) is 0 Å². The quantitative estimate of drug-likeness (QED) is 0.739. The van der Waals surface area contributed by atoms with Crippen molar-refractivity contribution in [2.45, 2.75) is 19.0 Å². The number of carbonyl (C=O) groups excluding carboxylic acids is 2. The standard InChI is InChI=1S/C20H20F3N3O4/c21-20(22,23)13-30-19-16(7-4-8-24-19)18(28)25-14-5-3-6-15(11-14)29-12-17(27)26-9-1-2-10-26/h3-8,11H,1-2,9-10,12-13H2,(H,25,28). The highest BCUT2D eigenvalue weighted by Gasteiger charge is 2.29. The Labute approximate surface area is 170 Å². The molecule has 160 valence electrons. The van der Waals surface area contributed by atoms with Crippen LogP contribution in [0, 0.1) is 0 Å². The molecule has 1 aromatic heterocycles. The van der Waals surface area contributed by atoms with E-state index in [1.807, 2.05) is 0 Å². The fraction of sp³-hybridized carbons (Fsp3) is 0.350. The van der Waals surface area contributed by atoms with Crippen LogP contribution in [0.2, 0.25) is 0 Å². The molecule has 0 bridgehead atoms. The van der Waals surface area contributed by atoms with Gasteiger partial charge in [-0.2, -0.15) is 13.2 Å². The SMILES string of the molecule is O=C(Nc1cccc(OCC(=O)N2CCCC2)c1)c1cccnc1OCC(F)(F)F. The van der Waals surface area contributed by atoms with Crippen LogP contribution in [0.5, 0.6) is 11.6 Å². The van der Waals surface area contributed by atoms with Crippen molar-refractivity contribution in [3.05, 3.63) is 48.2 Å². The van der Waals surface area contributed by atoms with E-state index in [9.17, 15) is 22.8 Å². The number of halogens is 3. The average Bonchev–Trinajstić information content (AvgIpc) is 3.25. The highest BCUT2D eigenvalue weighted by Crippen LogP contribution is 2.23. The number of benzene rings is 1. The van der Waals surface area contributed by atoms with E-state index < -0.39 is 24.6 Å². The van der Waals surface area contributed by atoms with Gasteiger partial charge in [-0.05, 0) is 37.1 Å². The van der Waals surface area contributed by atoms with Gasteiger partial charge in [-0.3, -0.25) is 9.59 Å². The number of alkyl halides is 3. The lowest BCUT2D eigenvalue weighted by atomic mass is 10.2. The van der Waals surface area contributed by atoms with Crippen molar-refractivity contribution in [2.75, 3.05) is 31.6 Å². The Bertz CT molecular complexity index is 899. The fourth-order valence-corrected chi connectivity index (χ4v) is 2.89. The number of carbonyl (C=O) groups is 2. The number of aromatic nitrogens is 1. The molecule has 2 aromatic rings. The summed E-state index contributed by atoms with van der Waals surface area (Å²) >= 11 is 0. The predicted octanol–water partition coefficient (Wildman–Crippen LogP) is 3.28. The molecule has 1 saturated heterocycles. The van der Waals surface area contributed by atoms with E-state index in [0.29, 0.717) is 11.4 Å². The van der Waals surface area contributed by atoms with Crippen molar-refractivity contribution in [1.82, 2.24) is 9.88 Å². The summed E-state index contributed by atoms with van der Waals surface area (Å²) in [5.74, 6) is -0.842. The molecule has 0 spiro atoms. The fourth-order valence-electron chi connectivity index (χ4n) is 2.89. The number of rotatable bonds is 7. The second-order valence-corrected chi connectivity index (χ2v) is 6.62. The molecule has 0 radical (unpaired) electrons. The Balaban J connectivity index is 1.62. The zero-order valence-corrected chi connectivity index (χ0v) is 15.9. The van der Waals surface area contributed by atoms with Crippen molar-refractivity contribution in [3.8, 4) is 11.6 Å². The van der Waals surface area contributed by atoms with Gasteiger partial charge in [-0.15, -0.1) is 0 Å². The first-order valence-corrected chi connectivity index (χ1v) is 9.28. The molecule has 0 atom stereocenters. The first-order chi connectivity index (χ1) is 14.3. The van der Waals surface area contributed by atoms with Crippen LogP contribution >= 0.6 is 0 Å². The summed E-state index contributed by atoms with van der Waals surface area (Å²) in [4.78, 5) is 30.0. The van der Waals surface area contributed by atoms with Gasteiger partial charge in [0.25, 0.3) is 11.8 Å². The van der Waals surface area contributed by atoms with E-state index in [-0.39, 0.29) is 18.1 Å². The minimum Gasteiger partial charge on any atom is -0.484 e. The van der Waals surface area contributed by atoms with E-state index >= 15 is 0 Å². The summed E-state index contributed by atoms with van der Waals surface area (Å²) in [7, 11) is 0. The largest absolute Gasteiger partial charge is 0.484 e. The molecule has 0 aliphatic carbocycles. The lowest BCUT2D eigenvalue weighted by Crippen LogP contribution is -2.32. The van der Waals surface area contributed by atoms with Crippen molar-refractivity contribution >= 4 is 17.5 Å². The van der Waals surface area contributed by atoms with Gasteiger partial charge in [0.2, 0.25) is 5.88 Å². The number of nitrogens with one attached hydrogen (secondary N) is 1. The smallest absolute Gasteiger partial charge is 0.422 e. The Morgan fingerprint density at radius 2 is 1.87 bits per heavy atom. The third-order valence-electron chi connectivity index (χ3n) is 4.30. The van der Waals surface area contributed by atoms with E-state index in [0.717, 1.165) is 25.9 Å². The van der Waals surface area contributed by atoms with Crippen molar-refractivity contribution in [2.24, 2.45) is 0 Å². The molecule has 3 rings (SSSR count). The number of hydrogen-bond acceptors (Lipinski definition) is 5. The highest BCUT2D eigenvalue weighted by atomic mass is 19.4. The lowest BCUT2D eigenvalue weighted by molar-refractivity contribution is -0.154. The van der Waals surface area contributed by atoms with E-state index in [2.05, 4.69) is 15.0 Å². The minimum absolute atomic E-state index is 0.108. The van der Waals surface area contributed by atoms with E-state index in [1.165, 1.54) is 24.4 Å². The number of ether oxygens (including phenoxy) is 2. The topological polar surface area (TPSA) is 80.8 Å². The van der Waals surface area contributed by atoms with Gasteiger partial charge in [-0.1, -0.05) is 6.07 Å². The molecule has 1 fully saturated rings. The lowest BCUT2D eigenvalue weighted by Gasteiger charge is -2.16. The molecule has 0 saturated carbocycles. The van der Waals surface area contributed by atoms with E-state index in [1.54, 1.807) is 23.1 Å². The molecule has 30 heavy (non-hydrogen) atoms. The van der Waals surface area contributed by atoms with Crippen LogP contribution in [0.1, 0.15) is 23.2 Å². The molecular weight excluding hydrogens is 403 g/mol. The summed E-state index contributed by atoms with van der Waals surface area (Å²) in [5.41, 5.74) is 0.203. The summed E-state index contributed by atoms with van der Waals surface area (Å²) in [6.07, 6.45) is -1.36. The zero-order chi connectivity index (χ0) is 21.6. The van der Waals surface area contributed by atoms with Crippen LogP contribution in [0.25, 0.3) is 0 Å². The van der Waals surface area contributed by atoms with E-state index in [4.69, 9.17) is 4.74 Å². The molecule has 1 aliphatic heterocycles. The normalized spacial score (nSPS) is 13.8. The monoisotopic (exact) mass is 423 g/mol. The summed E-state index contributed by atoms with van der Waals surface area (Å²) < 4.78 is 47.3. The Kier molecular flexibility index (Phi) is 6.76. The second-order valence-electron chi connectivity index (χ2n) is 6.62. The van der Waals surface area contributed by atoms with Crippen LogP contribution in [-0.4, -0.2) is 54.2 Å². The third kappa shape index (κ3) is 6.10. The van der Waals surface area contributed by atoms with Gasteiger partial charge < -0.3 is 19.7 Å². The number of amides is 2. The molecule has 0 unspecified atom stereocenters. The van der Waals surface area contributed by atoms with Crippen LogP contribution < -0.4 is 14.8 Å². The molecule has 1 aliphatic rings. The highest BCUT2D eigenvalue weighted by molar-refractivity contribution is 6.05. The van der Waals surface area contributed by atoms with Gasteiger partial charge in [0.15, 0.2) is 13.2 Å². The van der Waals surface area contributed by atoms with Crippen LogP contribution in [0.4, 0.5) is 18.9 Å². The minimum atomic E-state index is -4.55. The molecule has 10 heteroatoms. The Hall–Kier alpha value is -3.30. The van der Waals surface area contributed by atoms with Gasteiger partial charge in [-0.25, -0.2) is 4.98 Å². The third-order valence-corrected chi connectivity index (χ3v) is 4.30. The molecular formula is C20H20F3N3O4. The average molecular weight is 423 g/mol. The number of pyridine rings is 1. The van der Waals surface area contributed by atoms with Crippen LogP contribution in [0.3, 0.4) is 0 Å². The van der Waals surface area contributed by atoms with Crippen LogP contribution in [0.15, 0.2) is 42.6 Å². The number of likely N-dealkylation sites (tertiary alicyclic amines) is 1. The molecule has 7 nitrogen and oxygen atoms in total. The van der Waals surface area contributed by atoms with Crippen molar-refractivity contribution < 1.29 is 32.2 Å². The van der Waals surface area contributed by atoms with Gasteiger partial charge in [0, 0.05) is 31.0 Å². The maximum absolute atomic E-state index is 12.5. The first-order valence-electron chi connectivity index (χ1n) is 9.28. The van der Waals surface area contributed by atoms with Crippen molar-refractivity contribution in [3.63, 3.8) is 0 Å². The predicted molar refractivity (Wildman–Crippen MR) is 101 cm³/mol. The maximum atomic E-state index is 12.5. The number of anilines is 1. The first kappa shape index (κ1) is 21.4.